The molecule has 0 fully saturated rings. The maximum atomic E-state index is 10.2. The molecule has 0 heterocycles. The Morgan fingerprint density at radius 3 is 2.47 bits per heavy atom. The van der Waals surface area contributed by atoms with Crippen LogP contribution in [-0.2, 0) is 0 Å². The number of nitrogens with zero attached hydrogens (tertiary/aromatic N) is 1. The van der Waals surface area contributed by atoms with Crippen molar-refractivity contribution >= 4 is 17.2 Å². The van der Waals surface area contributed by atoms with Crippen LogP contribution in [0, 0.1) is 0 Å². The molecule has 0 saturated heterocycles. The molecule has 106 valence electrons. The summed E-state index contributed by atoms with van der Waals surface area (Å²) in [6.45, 7) is 4.41. The van der Waals surface area contributed by atoms with Gasteiger partial charge in [0, 0.05) is 25.3 Å². The number of likely N-dealkylation sites (N-methyl/N-ethyl adjacent to an activating group) is 1. The molecule has 0 aliphatic rings. The molecule has 19 heavy (non-hydrogen) atoms. The number of rotatable bonds is 8. The van der Waals surface area contributed by atoms with Crippen LogP contribution < -0.4 is 5.73 Å². The van der Waals surface area contributed by atoms with Gasteiger partial charge in [-0.1, -0.05) is 43.4 Å². The second-order valence-electron chi connectivity index (χ2n) is 4.47. The van der Waals surface area contributed by atoms with E-state index >= 15 is 0 Å². The van der Waals surface area contributed by atoms with Crippen molar-refractivity contribution in [3.05, 3.63) is 35.4 Å². The molecule has 1 aromatic carbocycles. The lowest BCUT2D eigenvalue weighted by molar-refractivity contribution is 0.111. The smallest absolute Gasteiger partial charge is 0.103 e. The predicted molar refractivity (Wildman–Crippen MR) is 81.1 cm³/mol. The fourth-order valence-corrected chi connectivity index (χ4v) is 2.03. The number of nitrogens with two attached hydrogens (primary N) is 1. The molecule has 4 N–H and O–H groups in total. The van der Waals surface area contributed by atoms with E-state index in [1.54, 1.807) is 0 Å². The summed E-state index contributed by atoms with van der Waals surface area (Å²) in [7, 11) is 0. The third kappa shape index (κ3) is 5.24. The molecule has 0 spiro atoms. The van der Waals surface area contributed by atoms with E-state index in [1.165, 1.54) is 0 Å². The van der Waals surface area contributed by atoms with E-state index in [0.717, 1.165) is 30.6 Å². The van der Waals surface area contributed by atoms with Gasteiger partial charge in [0.15, 0.2) is 0 Å². The summed E-state index contributed by atoms with van der Waals surface area (Å²) < 4.78 is 0. The van der Waals surface area contributed by atoms with Gasteiger partial charge in [0.2, 0.25) is 0 Å². The number of benzene rings is 1. The Labute approximate surface area is 119 Å². The van der Waals surface area contributed by atoms with Crippen LogP contribution >= 0.6 is 12.2 Å². The highest BCUT2D eigenvalue weighted by molar-refractivity contribution is 7.80. The van der Waals surface area contributed by atoms with Crippen LogP contribution in [0.1, 0.15) is 30.6 Å². The van der Waals surface area contributed by atoms with Crippen molar-refractivity contribution in [1.29, 1.82) is 0 Å². The summed E-state index contributed by atoms with van der Waals surface area (Å²) >= 11 is 4.89. The van der Waals surface area contributed by atoms with Crippen molar-refractivity contribution in [2.75, 3.05) is 26.2 Å². The van der Waals surface area contributed by atoms with Crippen LogP contribution in [0.2, 0.25) is 0 Å². The van der Waals surface area contributed by atoms with Gasteiger partial charge in [0.25, 0.3) is 0 Å². The summed E-state index contributed by atoms with van der Waals surface area (Å²) in [5.41, 5.74) is 7.19. The number of hydrogen-bond acceptors (Lipinski definition) is 4. The maximum absolute atomic E-state index is 10.2. The molecule has 1 atom stereocenters. The van der Waals surface area contributed by atoms with Gasteiger partial charge in [-0.3, -0.25) is 0 Å². The van der Waals surface area contributed by atoms with Gasteiger partial charge in [-0.05, 0) is 18.5 Å². The first kappa shape index (κ1) is 16.0. The molecular formula is C14H22N2O2S. The predicted octanol–water partition coefficient (Wildman–Crippen LogP) is 1.06. The van der Waals surface area contributed by atoms with Crippen molar-refractivity contribution in [3.63, 3.8) is 0 Å². The van der Waals surface area contributed by atoms with E-state index in [9.17, 15) is 5.11 Å². The highest BCUT2D eigenvalue weighted by Crippen LogP contribution is 2.15. The Balaban J connectivity index is 2.60. The van der Waals surface area contributed by atoms with E-state index in [1.807, 2.05) is 31.2 Å². The highest BCUT2D eigenvalue weighted by atomic mass is 32.1. The van der Waals surface area contributed by atoms with E-state index in [0.29, 0.717) is 11.5 Å². The standard InChI is InChI=1S/C14H22N2O2S/c1-2-16(8-3-9-17)10-13(18)11-4-6-12(7-5-11)14(15)19/h4-7,13,17-18H,2-3,8-10H2,1H3,(H2,15,19). The molecular weight excluding hydrogens is 260 g/mol. The Morgan fingerprint density at radius 1 is 1.37 bits per heavy atom. The number of aliphatic hydroxyl groups excluding tert-OH is 2. The first-order chi connectivity index (χ1) is 9.08. The largest absolute Gasteiger partial charge is 0.396 e. The Bertz CT molecular complexity index is 395. The molecule has 1 unspecified atom stereocenters. The Morgan fingerprint density at radius 2 is 2.00 bits per heavy atom. The van der Waals surface area contributed by atoms with Crippen molar-refractivity contribution in [2.24, 2.45) is 5.73 Å². The van der Waals surface area contributed by atoms with Crippen LogP contribution in [0.15, 0.2) is 24.3 Å². The molecule has 0 aromatic heterocycles. The Hall–Kier alpha value is -1.01. The van der Waals surface area contributed by atoms with Crippen LogP contribution in [0.4, 0.5) is 0 Å². The van der Waals surface area contributed by atoms with Crippen LogP contribution in [0.25, 0.3) is 0 Å². The molecule has 0 bridgehead atoms. The van der Waals surface area contributed by atoms with Crippen LogP contribution in [0.3, 0.4) is 0 Å². The zero-order chi connectivity index (χ0) is 14.3. The molecule has 0 aliphatic carbocycles. The summed E-state index contributed by atoms with van der Waals surface area (Å²) in [4.78, 5) is 2.47. The fourth-order valence-electron chi connectivity index (χ4n) is 1.89. The summed E-state index contributed by atoms with van der Waals surface area (Å²) in [5, 5.41) is 19.0. The molecule has 1 rings (SSSR count). The second-order valence-corrected chi connectivity index (χ2v) is 4.91. The lowest BCUT2D eigenvalue weighted by Crippen LogP contribution is -2.30. The van der Waals surface area contributed by atoms with Gasteiger partial charge in [-0.25, -0.2) is 0 Å². The maximum Gasteiger partial charge on any atom is 0.103 e. The minimum atomic E-state index is -0.543. The SMILES string of the molecule is CCN(CCCO)CC(O)c1ccc(C(N)=S)cc1. The van der Waals surface area contributed by atoms with Gasteiger partial charge in [-0.15, -0.1) is 0 Å². The number of thiocarbonyl (C=S) groups is 1. The summed E-state index contributed by atoms with van der Waals surface area (Å²) in [5.74, 6) is 0. The average Bonchev–Trinajstić information content (AvgIpc) is 2.43. The zero-order valence-corrected chi connectivity index (χ0v) is 12.1. The van der Waals surface area contributed by atoms with Crippen molar-refractivity contribution in [2.45, 2.75) is 19.4 Å². The van der Waals surface area contributed by atoms with E-state index in [2.05, 4.69) is 4.90 Å². The lowest BCUT2D eigenvalue weighted by Gasteiger charge is -2.23. The first-order valence-electron chi connectivity index (χ1n) is 6.49. The third-order valence-corrected chi connectivity index (χ3v) is 3.33. The van der Waals surface area contributed by atoms with Crippen LogP contribution in [0.5, 0.6) is 0 Å². The summed E-state index contributed by atoms with van der Waals surface area (Å²) in [6.07, 6.45) is 0.181. The lowest BCUT2D eigenvalue weighted by atomic mass is 10.1. The van der Waals surface area contributed by atoms with Gasteiger partial charge in [0.05, 0.1) is 6.10 Å². The summed E-state index contributed by atoms with van der Waals surface area (Å²) in [6, 6.07) is 7.34. The molecule has 4 nitrogen and oxygen atoms in total. The highest BCUT2D eigenvalue weighted by Gasteiger charge is 2.12. The zero-order valence-electron chi connectivity index (χ0n) is 11.2. The van der Waals surface area contributed by atoms with Crippen LogP contribution in [-0.4, -0.2) is 46.3 Å². The van der Waals surface area contributed by atoms with Gasteiger partial charge >= 0.3 is 0 Å². The van der Waals surface area contributed by atoms with E-state index < -0.39 is 6.10 Å². The molecule has 0 amide bonds. The minimum Gasteiger partial charge on any atom is -0.396 e. The quantitative estimate of drug-likeness (QED) is 0.622. The molecule has 0 radical (unpaired) electrons. The monoisotopic (exact) mass is 282 g/mol. The fraction of sp³-hybridized carbons (Fsp3) is 0.500. The number of hydrogen-bond donors (Lipinski definition) is 3. The van der Waals surface area contributed by atoms with Gasteiger partial charge < -0.3 is 20.8 Å². The van der Waals surface area contributed by atoms with Crippen molar-refractivity contribution < 1.29 is 10.2 Å². The molecule has 1 aromatic rings. The second kappa shape index (κ2) is 8.22. The normalized spacial score (nSPS) is 12.6. The first-order valence-corrected chi connectivity index (χ1v) is 6.90. The molecule has 5 heteroatoms. The van der Waals surface area contributed by atoms with Crippen molar-refractivity contribution in [3.8, 4) is 0 Å². The van der Waals surface area contributed by atoms with E-state index in [-0.39, 0.29) is 6.61 Å². The van der Waals surface area contributed by atoms with E-state index in [4.69, 9.17) is 23.1 Å². The molecule has 0 saturated carbocycles. The minimum absolute atomic E-state index is 0.176. The third-order valence-electron chi connectivity index (χ3n) is 3.09. The van der Waals surface area contributed by atoms with Gasteiger partial charge in [-0.2, -0.15) is 0 Å². The topological polar surface area (TPSA) is 69.7 Å². The van der Waals surface area contributed by atoms with Crippen molar-refractivity contribution in [1.82, 2.24) is 4.90 Å². The average molecular weight is 282 g/mol. The molecule has 0 aliphatic heterocycles. The van der Waals surface area contributed by atoms with Gasteiger partial charge in [0.1, 0.15) is 4.99 Å². The Kier molecular flexibility index (Phi) is 6.94. The number of aliphatic hydroxyl groups is 2.